The summed E-state index contributed by atoms with van der Waals surface area (Å²) in [6.45, 7) is 6.54. The van der Waals surface area contributed by atoms with E-state index in [2.05, 4.69) is 17.1 Å². The number of nitrogens with zero attached hydrogens (tertiary/aromatic N) is 3. The van der Waals surface area contributed by atoms with Crippen molar-refractivity contribution < 1.29 is 0 Å². The van der Waals surface area contributed by atoms with Crippen LogP contribution in [0.2, 0.25) is 4.34 Å². The Morgan fingerprint density at radius 3 is 2.70 bits per heavy atom. The minimum Gasteiger partial charge on any atom is -0.314 e. The van der Waals surface area contributed by atoms with Crippen molar-refractivity contribution >= 4 is 33.2 Å². The predicted molar refractivity (Wildman–Crippen MR) is 112 cm³/mol. The topological polar surface area (TPSA) is 50.2 Å². The van der Waals surface area contributed by atoms with E-state index in [1.54, 1.807) is 6.07 Å². The summed E-state index contributed by atoms with van der Waals surface area (Å²) in [5.74, 6) is 0.847. The monoisotopic (exact) mass is 402 g/mol. The van der Waals surface area contributed by atoms with Crippen LogP contribution in [0.4, 0.5) is 0 Å². The lowest BCUT2D eigenvalue weighted by Gasteiger charge is -2.35. The van der Waals surface area contributed by atoms with Crippen LogP contribution in [-0.2, 0) is 6.54 Å². The van der Waals surface area contributed by atoms with Gasteiger partial charge in [-0.05, 0) is 18.1 Å². The Labute approximate surface area is 167 Å². The third-order valence-electron chi connectivity index (χ3n) is 5.11. The first kappa shape index (κ1) is 18.6. The van der Waals surface area contributed by atoms with Gasteiger partial charge in [-0.3, -0.25) is 14.3 Å². The summed E-state index contributed by atoms with van der Waals surface area (Å²) in [7, 11) is 0. The molecule has 4 rings (SSSR count). The predicted octanol–water partition coefficient (Wildman–Crippen LogP) is 3.52. The molecule has 1 N–H and O–H groups in total. The van der Waals surface area contributed by atoms with Gasteiger partial charge in [-0.15, -0.1) is 11.3 Å². The first-order valence-corrected chi connectivity index (χ1v) is 10.5. The van der Waals surface area contributed by atoms with Crippen molar-refractivity contribution in [1.82, 2.24) is 19.8 Å². The Bertz CT molecular complexity index is 979. The van der Waals surface area contributed by atoms with Gasteiger partial charge in [-0.1, -0.05) is 48.9 Å². The summed E-state index contributed by atoms with van der Waals surface area (Å²) in [6, 6.07) is 12.0. The standard InChI is InChI=1S/C20H23ClN4OS/c1-2-16(24-10-8-22-9-11-24)18-23-19-15(12-17(21)27-19)20(26)25(18)13-14-6-4-3-5-7-14/h3-7,12,16,22H,2,8-11,13H2,1H3. The summed E-state index contributed by atoms with van der Waals surface area (Å²) in [6.07, 6.45) is 0.909. The van der Waals surface area contributed by atoms with Gasteiger partial charge in [0.15, 0.2) is 0 Å². The van der Waals surface area contributed by atoms with E-state index in [9.17, 15) is 4.79 Å². The lowest BCUT2D eigenvalue weighted by molar-refractivity contribution is 0.159. The van der Waals surface area contributed by atoms with Crippen LogP contribution in [0.5, 0.6) is 0 Å². The molecular formula is C20H23ClN4OS. The second-order valence-corrected chi connectivity index (χ2v) is 8.49. The van der Waals surface area contributed by atoms with E-state index < -0.39 is 0 Å². The molecule has 27 heavy (non-hydrogen) atoms. The van der Waals surface area contributed by atoms with Gasteiger partial charge >= 0.3 is 0 Å². The fourth-order valence-electron chi connectivity index (χ4n) is 3.77. The highest BCUT2D eigenvalue weighted by Crippen LogP contribution is 2.29. The van der Waals surface area contributed by atoms with E-state index in [4.69, 9.17) is 16.6 Å². The van der Waals surface area contributed by atoms with Gasteiger partial charge in [0.2, 0.25) is 0 Å². The van der Waals surface area contributed by atoms with E-state index in [0.717, 1.165) is 48.8 Å². The molecule has 3 aromatic rings. The normalized spacial score (nSPS) is 16.7. The molecule has 2 aromatic heterocycles. The molecule has 1 unspecified atom stereocenters. The van der Waals surface area contributed by atoms with Crippen molar-refractivity contribution in [1.29, 1.82) is 0 Å². The third kappa shape index (κ3) is 3.80. The molecule has 1 aliphatic heterocycles. The lowest BCUT2D eigenvalue weighted by atomic mass is 10.1. The summed E-state index contributed by atoms with van der Waals surface area (Å²) in [5.41, 5.74) is 1.09. The molecule has 1 fully saturated rings. The quantitative estimate of drug-likeness (QED) is 0.709. The van der Waals surface area contributed by atoms with Crippen LogP contribution in [0, 0.1) is 0 Å². The summed E-state index contributed by atoms with van der Waals surface area (Å²) < 4.78 is 2.45. The number of hydrogen-bond donors (Lipinski definition) is 1. The number of fused-ring (bicyclic) bond motifs is 1. The molecule has 7 heteroatoms. The second kappa shape index (κ2) is 8.10. The highest BCUT2D eigenvalue weighted by molar-refractivity contribution is 7.22. The highest BCUT2D eigenvalue weighted by atomic mass is 35.5. The number of aromatic nitrogens is 2. The molecule has 5 nitrogen and oxygen atoms in total. The average molecular weight is 403 g/mol. The van der Waals surface area contributed by atoms with Gasteiger partial charge < -0.3 is 5.32 Å². The van der Waals surface area contributed by atoms with Crippen molar-refractivity contribution in [2.45, 2.75) is 25.9 Å². The molecule has 1 aromatic carbocycles. The second-order valence-electron chi connectivity index (χ2n) is 6.83. The van der Waals surface area contributed by atoms with Crippen LogP contribution in [0.3, 0.4) is 0 Å². The van der Waals surface area contributed by atoms with Crippen LogP contribution in [0.25, 0.3) is 10.2 Å². The highest BCUT2D eigenvalue weighted by Gasteiger charge is 2.26. The fraction of sp³-hybridized carbons (Fsp3) is 0.400. The largest absolute Gasteiger partial charge is 0.314 e. The van der Waals surface area contributed by atoms with Crippen LogP contribution >= 0.6 is 22.9 Å². The zero-order chi connectivity index (χ0) is 18.8. The van der Waals surface area contributed by atoms with E-state index in [1.807, 2.05) is 34.9 Å². The van der Waals surface area contributed by atoms with Gasteiger partial charge in [0.1, 0.15) is 10.7 Å². The Hall–Kier alpha value is -1.73. The van der Waals surface area contributed by atoms with E-state index >= 15 is 0 Å². The smallest absolute Gasteiger partial charge is 0.262 e. The van der Waals surface area contributed by atoms with Crippen molar-refractivity contribution in [3.63, 3.8) is 0 Å². The van der Waals surface area contributed by atoms with Gasteiger partial charge in [-0.25, -0.2) is 4.98 Å². The molecular weight excluding hydrogens is 380 g/mol. The van der Waals surface area contributed by atoms with Crippen molar-refractivity contribution in [3.8, 4) is 0 Å². The lowest BCUT2D eigenvalue weighted by Crippen LogP contribution is -2.46. The number of piperazine rings is 1. The average Bonchev–Trinajstić information content (AvgIpc) is 3.08. The SMILES string of the molecule is CCC(c1nc2sc(Cl)cc2c(=O)n1Cc1ccccc1)N1CCNCC1. The Morgan fingerprint density at radius 1 is 1.26 bits per heavy atom. The van der Waals surface area contributed by atoms with Crippen LogP contribution in [-0.4, -0.2) is 40.6 Å². The first-order chi connectivity index (χ1) is 13.2. The van der Waals surface area contributed by atoms with Gasteiger partial charge in [-0.2, -0.15) is 0 Å². The minimum absolute atomic E-state index is 0.00409. The summed E-state index contributed by atoms with van der Waals surface area (Å²) in [5, 5.41) is 4.01. The first-order valence-electron chi connectivity index (χ1n) is 9.36. The molecule has 0 amide bonds. The molecule has 1 aliphatic rings. The molecule has 0 saturated carbocycles. The zero-order valence-corrected chi connectivity index (χ0v) is 16.9. The molecule has 0 aliphatic carbocycles. The summed E-state index contributed by atoms with van der Waals surface area (Å²) >= 11 is 7.57. The van der Waals surface area contributed by atoms with E-state index in [-0.39, 0.29) is 11.6 Å². The van der Waals surface area contributed by atoms with Crippen LogP contribution < -0.4 is 10.9 Å². The van der Waals surface area contributed by atoms with Crippen molar-refractivity contribution in [2.75, 3.05) is 26.2 Å². The fourth-order valence-corrected chi connectivity index (χ4v) is 4.86. The van der Waals surface area contributed by atoms with Crippen molar-refractivity contribution in [2.24, 2.45) is 0 Å². The molecule has 0 spiro atoms. The maximum absolute atomic E-state index is 13.3. The third-order valence-corrected chi connectivity index (χ3v) is 6.27. The van der Waals surface area contributed by atoms with Crippen LogP contribution in [0.1, 0.15) is 30.8 Å². The molecule has 1 saturated heterocycles. The molecule has 142 valence electrons. The van der Waals surface area contributed by atoms with Crippen LogP contribution in [0.15, 0.2) is 41.2 Å². The number of thiophene rings is 1. The number of benzene rings is 1. The van der Waals surface area contributed by atoms with Crippen molar-refractivity contribution in [3.05, 3.63) is 62.5 Å². The summed E-state index contributed by atoms with van der Waals surface area (Å²) in [4.78, 5) is 21.4. The van der Waals surface area contributed by atoms with E-state index in [1.165, 1.54) is 11.3 Å². The Balaban J connectivity index is 1.85. The number of nitrogens with one attached hydrogen (secondary N) is 1. The molecule has 3 heterocycles. The number of halogens is 1. The zero-order valence-electron chi connectivity index (χ0n) is 15.3. The molecule has 1 atom stereocenters. The Morgan fingerprint density at radius 2 is 2.00 bits per heavy atom. The Kier molecular flexibility index (Phi) is 5.59. The minimum atomic E-state index is -0.00409. The maximum atomic E-state index is 13.3. The number of hydrogen-bond acceptors (Lipinski definition) is 5. The maximum Gasteiger partial charge on any atom is 0.262 e. The van der Waals surface area contributed by atoms with Gasteiger partial charge in [0.25, 0.3) is 5.56 Å². The molecule has 0 bridgehead atoms. The van der Waals surface area contributed by atoms with E-state index in [0.29, 0.717) is 16.3 Å². The number of rotatable bonds is 5. The molecule has 0 radical (unpaired) electrons. The van der Waals surface area contributed by atoms with Gasteiger partial charge in [0, 0.05) is 26.2 Å². The van der Waals surface area contributed by atoms with Gasteiger partial charge in [0.05, 0.1) is 22.3 Å².